The van der Waals surface area contributed by atoms with Gasteiger partial charge < -0.3 is 8.94 Å². The van der Waals surface area contributed by atoms with Gasteiger partial charge in [-0.3, -0.25) is 0 Å². The molecule has 1 fully saturated rings. The Bertz CT molecular complexity index is 1100. The molecule has 28 heavy (non-hydrogen) atoms. The van der Waals surface area contributed by atoms with Crippen molar-refractivity contribution >= 4 is 21.6 Å². The van der Waals surface area contributed by atoms with E-state index in [9.17, 15) is 8.42 Å². The van der Waals surface area contributed by atoms with Gasteiger partial charge in [0.2, 0.25) is 21.7 Å². The van der Waals surface area contributed by atoms with Crippen LogP contribution in [0.2, 0.25) is 5.02 Å². The molecule has 1 aromatic carbocycles. The predicted molar refractivity (Wildman–Crippen MR) is 104 cm³/mol. The molecule has 7 nitrogen and oxygen atoms in total. The molecule has 3 aromatic rings. The minimum atomic E-state index is -3.57. The van der Waals surface area contributed by atoms with Crippen molar-refractivity contribution in [2.45, 2.75) is 37.5 Å². The molecule has 4 rings (SSSR count). The van der Waals surface area contributed by atoms with E-state index in [1.54, 1.807) is 18.2 Å². The average Bonchev–Trinajstić information content (AvgIpc) is 3.33. The number of benzene rings is 1. The van der Waals surface area contributed by atoms with Crippen LogP contribution in [0.25, 0.3) is 11.6 Å². The van der Waals surface area contributed by atoms with Gasteiger partial charge in [-0.25, -0.2) is 8.42 Å². The lowest BCUT2D eigenvalue weighted by atomic mass is 9.98. The highest BCUT2D eigenvalue weighted by molar-refractivity contribution is 7.89. The molecule has 0 amide bonds. The van der Waals surface area contributed by atoms with E-state index in [1.165, 1.54) is 10.4 Å². The summed E-state index contributed by atoms with van der Waals surface area (Å²) in [7, 11) is -3.57. The van der Waals surface area contributed by atoms with Gasteiger partial charge in [-0.2, -0.15) is 9.29 Å². The lowest BCUT2D eigenvalue weighted by Crippen LogP contribution is -2.38. The Morgan fingerprint density at radius 2 is 1.89 bits per heavy atom. The molecule has 0 radical (unpaired) electrons. The maximum atomic E-state index is 12.9. The lowest BCUT2D eigenvalue weighted by molar-refractivity contribution is 0.270. The van der Waals surface area contributed by atoms with Crippen LogP contribution in [0.5, 0.6) is 0 Å². The number of piperidine rings is 1. The topological polar surface area (TPSA) is 89.4 Å². The molecule has 0 aliphatic carbocycles. The number of aromatic nitrogens is 2. The van der Waals surface area contributed by atoms with Crippen LogP contribution in [0.15, 0.2) is 44.2 Å². The zero-order chi connectivity index (χ0) is 19.9. The standard InChI is InChI=1S/C19H20ClN3O4S/c1-12-3-5-15(11-16(12)20)28(24,25)23-9-7-14(8-10-23)19-21-18(22-27-19)17-6-4-13(2)26-17/h3-6,11,14H,7-10H2,1-2H3. The van der Waals surface area contributed by atoms with E-state index in [0.717, 1.165) is 11.3 Å². The van der Waals surface area contributed by atoms with Gasteiger partial charge in [0.05, 0.1) is 4.90 Å². The van der Waals surface area contributed by atoms with Gasteiger partial charge in [0.25, 0.3) is 0 Å². The Balaban J connectivity index is 1.46. The number of sulfonamides is 1. The lowest BCUT2D eigenvalue weighted by Gasteiger charge is -2.29. The van der Waals surface area contributed by atoms with Crippen LogP contribution in [0.1, 0.15) is 36.0 Å². The normalized spacial score (nSPS) is 16.5. The highest BCUT2D eigenvalue weighted by Crippen LogP contribution is 2.32. The van der Waals surface area contributed by atoms with Crippen LogP contribution in [-0.4, -0.2) is 36.0 Å². The maximum absolute atomic E-state index is 12.9. The van der Waals surface area contributed by atoms with E-state index in [2.05, 4.69) is 10.1 Å². The second kappa shape index (κ2) is 7.35. The van der Waals surface area contributed by atoms with Crippen molar-refractivity contribution < 1.29 is 17.4 Å². The van der Waals surface area contributed by atoms with Crippen molar-refractivity contribution in [3.05, 3.63) is 52.6 Å². The van der Waals surface area contributed by atoms with Gasteiger partial charge in [-0.05, 0) is 56.5 Å². The van der Waals surface area contributed by atoms with Gasteiger partial charge in [0.15, 0.2) is 5.76 Å². The molecule has 0 spiro atoms. The van der Waals surface area contributed by atoms with Crippen LogP contribution < -0.4 is 0 Å². The van der Waals surface area contributed by atoms with E-state index in [1.807, 2.05) is 19.9 Å². The molecule has 9 heteroatoms. The Hall–Kier alpha value is -2.16. The second-order valence-electron chi connectivity index (χ2n) is 6.96. The third-order valence-corrected chi connectivity index (χ3v) is 7.29. The number of hydrogen-bond acceptors (Lipinski definition) is 6. The first-order valence-corrected chi connectivity index (χ1v) is 10.8. The van der Waals surface area contributed by atoms with Crippen molar-refractivity contribution in [2.75, 3.05) is 13.1 Å². The summed E-state index contributed by atoms with van der Waals surface area (Å²) in [6.07, 6.45) is 1.22. The zero-order valence-corrected chi connectivity index (χ0v) is 17.1. The summed E-state index contributed by atoms with van der Waals surface area (Å²) in [6.45, 7) is 4.46. The fourth-order valence-corrected chi connectivity index (χ4v) is 5.02. The van der Waals surface area contributed by atoms with Crippen LogP contribution >= 0.6 is 11.6 Å². The number of furan rings is 1. The van der Waals surface area contributed by atoms with Gasteiger partial charge >= 0.3 is 0 Å². The number of rotatable bonds is 4. The summed E-state index contributed by atoms with van der Waals surface area (Å²) in [5, 5.41) is 4.43. The van der Waals surface area contributed by atoms with E-state index in [-0.39, 0.29) is 10.8 Å². The zero-order valence-electron chi connectivity index (χ0n) is 15.6. The molecular formula is C19H20ClN3O4S. The van der Waals surface area contributed by atoms with E-state index >= 15 is 0 Å². The van der Waals surface area contributed by atoms with E-state index in [0.29, 0.717) is 48.4 Å². The summed E-state index contributed by atoms with van der Waals surface area (Å²) in [5.74, 6) is 2.28. The van der Waals surface area contributed by atoms with Crippen LogP contribution in [0.3, 0.4) is 0 Å². The molecule has 148 valence electrons. The summed E-state index contributed by atoms with van der Waals surface area (Å²) >= 11 is 6.10. The Morgan fingerprint density at radius 3 is 2.54 bits per heavy atom. The highest BCUT2D eigenvalue weighted by Gasteiger charge is 2.32. The van der Waals surface area contributed by atoms with Gasteiger partial charge in [0.1, 0.15) is 5.76 Å². The van der Waals surface area contributed by atoms with Gasteiger partial charge in [0, 0.05) is 24.0 Å². The minimum absolute atomic E-state index is 0.0189. The summed E-state index contributed by atoms with van der Waals surface area (Å²) in [5.41, 5.74) is 0.846. The first kappa shape index (κ1) is 19.2. The molecule has 3 heterocycles. The fraction of sp³-hybridized carbons (Fsp3) is 0.368. The molecule has 1 saturated heterocycles. The number of halogens is 1. The molecule has 0 saturated carbocycles. The molecule has 1 aliphatic rings. The third-order valence-electron chi connectivity index (χ3n) is 4.99. The largest absolute Gasteiger partial charge is 0.458 e. The van der Waals surface area contributed by atoms with E-state index in [4.69, 9.17) is 20.5 Å². The first-order valence-electron chi connectivity index (χ1n) is 9.01. The van der Waals surface area contributed by atoms with Crippen molar-refractivity contribution in [1.82, 2.24) is 14.4 Å². The van der Waals surface area contributed by atoms with Crippen molar-refractivity contribution in [3.63, 3.8) is 0 Å². The van der Waals surface area contributed by atoms with E-state index < -0.39 is 10.0 Å². The maximum Gasteiger partial charge on any atom is 0.243 e. The molecule has 0 atom stereocenters. The average molecular weight is 422 g/mol. The fourth-order valence-electron chi connectivity index (χ4n) is 3.28. The molecule has 1 aliphatic heterocycles. The molecule has 0 N–H and O–H groups in total. The Labute approximate surface area is 168 Å². The molecule has 0 unspecified atom stereocenters. The molecule has 0 bridgehead atoms. The molecular weight excluding hydrogens is 402 g/mol. The number of nitrogens with zero attached hydrogens (tertiary/aromatic N) is 3. The summed E-state index contributed by atoms with van der Waals surface area (Å²) in [6, 6.07) is 8.46. The smallest absolute Gasteiger partial charge is 0.243 e. The van der Waals surface area contributed by atoms with Gasteiger partial charge in [-0.1, -0.05) is 22.8 Å². The first-order chi connectivity index (χ1) is 13.3. The van der Waals surface area contributed by atoms with Crippen molar-refractivity contribution in [2.24, 2.45) is 0 Å². The second-order valence-corrected chi connectivity index (χ2v) is 9.30. The quantitative estimate of drug-likeness (QED) is 0.628. The Kier molecular flexibility index (Phi) is 5.03. The Morgan fingerprint density at radius 1 is 1.14 bits per heavy atom. The van der Waals surface area contributed by atoms with Crippen LogP contribution in [0.4, 0.5) is 0 Å². The predicted octanol–water partition coefficient (Wildman–Crippen LogP) is 4.17. The minimum Gasteiger partial charge on any atom is -0.458 e. The van der Waals surface area contributed by atoms with Crippen molar-refractivity contribution in [3.8, 4) is 11.6 Å². The summed E-state index contributed by atoms with van der Waals surface area (Å²) < 4.78 is 38.2. The highest BCUT2D eigenvalue weighted by atomic mass is 35.5. The van der Waals surface area contributed by atoms with Gasteiger partial charge in [-0.15, -0.1) is 0 Å². The van der Waals surface area contributed by atoms with Crippen molar-refractivity contribution in [1.29, 1.82) is 0 Å². The third kappa shape index (κ3) is 3.59. The molecule has 2 aromatic heterocycles. The summed E-state index contributed by atoms with van der Waals surface area (Å²) in [4.78, 5) is 4.64. The number of aryl methyl sites for hydroxylation is 2. The monoisotopic (exact) mass is 421 g/mol. The van der Waals surface area contributed by atoms with Crippen LogP contribution in [0, 0.1) is 13.8 Å². The SMILES string of the molecule is Cc1ccc(-c2noc(C3CCN(S(=O)(=O)c4ccc(C)c(Cl)c4)CC3)n2)o1. The number of hydrogen-bond donors (Lipinski definition) is 0. The van der Waals surface area contributed by atoms with Crippen LogP contribution in [-0.2, 0) is 10.0 Å².